The van der Waals surface area contributed by atoms with Gasteiger partial charge in [-0.1, -0.05) is 13.3 Å². The lowest BCUT2D eigenvalue weighted by Crippen LogP contribution is -2.48. The van der Waals surface area contributed by atoms with E-state index in [1.54, 1.807) is 0 Å². The van der Waals surface area contributed by atoms with Crippen LogP contribution in [0.1, 0.15) is 53.9 Å². The van der Waals surface area contributed by atoms with Crippen molar-refractivity contribution in [3.05, 3.63) is 0 Å². The molecule has 2 atom stereocenters. The summed E-state index contributed by atoms with van der Waals surface area (Å²) in [6.07, 6.45) is 3.32. The second-order valence-electron chi connectivity index (χ2n) is 5.72. The molecule has 94 valence electrons. The Labute approximate surface area is 99.1 Å². The zero-order valence-electron chi connectivity index (χ0n) is 11.2. The minimum Gasteiger partial charge on any atom is -0.444 e. The monoisotopic (exact) mass is 227 g/mol. The molecule has 1 heterocycles. The van der Waals surface area contributed by atoms with Crippen LogP contribution in [0.25, 0.3) is 0 Å². The summed E-state index contributed by atoms with van der Waals surface area (Å²) in [5, 5.41) is 0. The van der Waals surface area contributed by atoms with Crippen molar-refractivity contribution >= 4 is 6.09 Å². The molecule has 0 spiro atoms. The molecule has 0 aliphatic carbocycles. The number of hydrogen-bond acceptors (Lipinski definition) is 2. The molecule has 0 bridgehead atoms. The van der Waals surface area contributed by atoms with E-state index in [1.165, 1.54) is 6.42 Å². The highest BCUT2D eigenvalue weighted by atomic mass is 16.6. The first kappa shape index (κ1) is 13.3. The second-order valence-corrected chi connectivity index (χ2v) is 5.72. The van der Waals surface area contributed by atoms with Gasteiger partial charge in [0.2, 0.25) is 0 Å². The van der Waals surface area contributed by atoms with Gasteiger partial charge in [-0.25, -0.2) is 4.79 Å². The Balaban J connectivity index is 2.61. The van der Waals surface area contributed by atoms with Gasteiger partial charge >= 0.3 is 6.09 Å². The van der Waals surface area contributed by atoms with Gasteiger partial charge in [-0.05, 0) is 46.5 Å². The molecule has 0 radical (unpaired) electrons. The van der Waals surface area contributed by atoms with Gasteiger partial charge in [0.25, 0.3) is 0 Å². The van der Waals surface area contributed by atoms with Crippen molar-refractivity contribution in [3.8, 4) is 0 Å². The largest absolute Gasteiger partial charge is 0.444 e. The molecule has 0 N–H and O–H groups in total. The third-order valence-corrected chi connectivity index (χ3v) is 3.30. The molecule has 16 heavy (non-hydrogen) atoms. The Morgan fingerprint density at radius 1 is 1.44 bits per heavy atom. The first-order chi connectivity index (χ1) is 7.35. The quantitative estimate of drug-likeness (QED) is 0.687. The highest BCUT2D eigenvalue weighted by Gasteiger charge is 2.32. The molecule has 0 saturated carbocycles. The zero-order chi connectivity index (χ0) is 12.3. The topological polar surface area (TPSA) is 29.5 Å². The minimum atomic E-state index is -0.393. The number of carbonyl (C=O) groups is 1. The molecule has 0 unspecified atom stereocenters. The van der Waals surface area contributed by atoms with Crippen molar-refractivity contribution in [1.82, 2.24) is 4.90 Å². The highest BCUT2D eigenvalue weighted by Crippen LogP contribution is 2.27. The summed E-state index contributed by atoms with van der Waals surface area (Å²) in [7, 11) is 0. The van der Waals surface area contributed by atoms with E-state index < -0.39 is 5.60 Å². The van der Waals surface area contributed by atoms with Crippen LogP contribution < -0.4 is 0 Å². The number of nitrogens with zero attached hydrogens (tertiary/aromatic N) is 1. The fourth-order valence-corrected chi connectivity index (χ4v) is 2.35. The average molecular weight is 227 g/mol. The summed E-state index contributed by atoms with van der Waals surface area (Å²) >= 11 is 0. The Kier molecular flexibility index (Phi) is 4.22. The van der Waals surface area contributed by atoms with Crippen molar-refractivity contribution in [3.63, 3.8) is 0 Å². The van der Waals surface area contributed by atoms with Gasteiger partial charge in [0.15, 0.2) is 0 Å². The Morgan fingerprint density at radius 3 is 2.56 bits per heavy atom. The van der Waals surface area contributed by atoms with Crippen LogP contribution in [0.3, 0.4) is 0 Å². The summed E-state index contributed by atoms with van der Waals surface area (Å²) in [4.78, 5) is 13.9. The van der Waals surface area contributed by atoms with Gasteiger partial charge in [0.05, 0.1) is 0 Å². The first-order valence-electron chi connectivity index (χ1n) is 6.34. The Morgan fingerprint density at radius 2 is 2.06 bits per heavy atom. The van der Waals surface area contributed by atoms with E-state index in [0.29, 0.717) is 12.0 Å². The van der Waals surface area contributed by atoms with Crippen molar-refractivity contribution in [2.45, 2.75) is 65.5 Å². The molecule has 1 aliphatic heterocycles. The van der Waals surface area contributed by atoms with Gasteiger partial charge in [-0.15, -0.1) is 0 Å². The standard InChI is InChI=1S/C13H25NO2/c1-6-11-8-7-9-14(10(11)2)12(15)16-13(3,4)5/h10-11H,6-9H2,1-5H3/t10-,11-/m1/s1. The molecule has 3 heteroatoms. The number of likely N-dealkylation sites (tertiary alicyclic amines) is 1. The van der Waals surface area contributed by atoms with Crippen molar-refractivity contribution < 1.29 is 9.53 Å². The van der Waals surface area contributed by atoms with Crippen LogP contribution in [0.15, 0.2) is 0 Å². The summed E-state index contributed by atoms with van der Waals surface area (Å²) in [5.74, 6) is 0.626. The number of rotatable bonds is 1. The molecular weight excluding hydrogens is 202 g/mol. The molecular formula is C13H25NO2. The SMILES string of the molecule is CC[C@@H]1CCCN(C(=O)OC(C)(C)C)[C@@H]1C. The molecule has 1 rings (SSSR count). The number of amides is 1. The predicted octanol–water partition coefficient (Wildman–Crippen LogP) is 3.43. The summed E-state index contributed by atoms with van der Waals surface area (Å²) in [6, 6.07) is 0.314. The van der Waals surface area contributed by atoms with Gasteiger partial charge in [0, 0.05) is 12.6 Å². The third kappa shape index (κ3) is 3.39. The van der Waals surface area contributed by atoms with Crippen LogP contribution in [0.5, 0.6) is 0 Å². The summed E-state index contributed by atoms with van der Waals surface area (Å²) in [6.45, 7) is 10.9. The smallest absolute Gasteiger partial charge is 0.410 e. The number of ether oxygens (including phenoxy) is 1. The maximum Gasteiger partial charge on any atom is 0.410 e. The molecule has 0 aromatic carbocycles. The molecule has 1 fully saturated rings. The molecule has 0 aromatic rings. The zero-order valence-corrected chi connectivity index (χ0v) is 11.2. The van der Waals surface area contributed by atoms with Crippen molar-refractivity contribution in [2.24, 2.45) is 5.92 Å². The number of piperidine rings is 1. The fourth-order valence-electron chi connectivity index (χ4n) is 2.35. The number of hydrogen-bond donors (Lipinski definition) is 0. The van der Waals surface area contributed by atoms with Gasteiger partial charge < -0.3 is 9.64 Å². The normalized spacial score (nSPS) is 26.7. The van der Waals surface area contributed by atoms with Crippen molar-refractivity contribution in [1.29, 1.82) is 0 Å². The Bertz CT molecular complexity index is 245. The van der Waals surface area contributed by atoms with E-state index in [2.05, 4.69) is 13.8 Å². The van der Waals surface area contributed by atoms with Crippen LogP contribution in [-0.4, -0.2) is 29.2 Å². The highest BCUT2D eigenvalue weighted by molar-refractivity contribution is 5.68. The van der Waals surface area contributed by atoms with Crippen LogP contribution in [0, 0.1) is 5.92 Å². The molecule has 1 aliphatic rings. The molecule has 1 saturated heterocycles. The minimum absolute atomic E-state index is 0.154. The lowest BCUT2D eigenvalue weighted by Gasteiger charge is -2.39. The van der Waals surface area contributed by atoms with E-state index in [0.717, 1.165) is 19.4 Å². The van der Waals surface area contributed by atoms with Crippen molar-refractivity contribution in [2.75, 3.05) is 6.54 Å². The van der Waals surface area contributed by atoms with E-state index >= 15 is 0 Å². The van der Waals surface area contributed by atoms with Gasteiger partial charge in [-0.3, -0.25) is 0 Å². The maximum absolute atomic E-state index is 12.0. The molecule has 1 amide bonds. The van der Waals surface area contributed by atoms with Crippen LogP contribution in [-0.2, 0) is 4.74 Å². The van der Waals surface area contributed by atoms with E-state index in [9.17, 15) is 4.79 Å². The average Bonchev–Trinajstić information content (AvgIpc) is 2.15. The third-order valence-electron chi connectivity index (χ3n) is 3.30. The van der Waals surface area contributed by atoms with E-state index in [-0.39, 0.29) is 6.09 Å². The first-order valence-corrected chi connectivity index (χ1v) is 6.34. The molecule has 3 nitrogen and oxygen atoms in total. The van der Waals surface area contributed by atoms with Crippen LogP contribution in [0.4, 0.5) is 4.79 Å². The van der Waals surface area contributed by atoms with E-state index in [4.69, 9.17) is 4.74 Å². The second kappa shape index (κ2) is 5.07. The lowest BCUT2D eigenvalue weighted by molar-refractivity contribution is 0.00276. The van der Waals surface area contributed by atoms with Crippen LogP contribution in [0.2, 0.25) is 0 Å². The van der Waals surface area contributed by atoms with Gasteiger partial charge in [0.1, 0.15) is 5.60 Å². The Hall–Kier alpha value is -0.730. The fraction of sp³-hybridized carbons (Fsp3) is 0.923. The summed E-state index contributed by atoms with van der Waals surface area (Å²) < 4.78 is 5.43. The van der Waals surface area contributed by atoms with Gasteiger partial charge in [-0.2, -0.15) is 0 Å². The summed E-state index contributed by atoms with van der Waals surface area (Å²) in [5.41, 5.74) is -0.393. The molecule has 0 aromatic heterocycles. The lowest BCUT2D eigenvalue weighted by atomic mass is 9.88. The number of carbonyl (C=O) groups excluding carboxylic acids is 1. The van der Waals surface area contributed by atoms with E-state index in [1.807, 2.05) is 25.7 Å². The van der Waals surface area contributed by atoms with Crippen LogP contribution >= 0.6 is 0 Å². The maximum atomic E-state index is 12.0. The predicted molar refractivity (Wildman–Crippen MR) is 65.4 cm³/mol.